The first kappa shape index (κ1) is 16.5. The van der Waals surface area contributed by atoms with Gasteiger partial charge >= 0.3 is 6.03 Å². The topological polar surface area (TPSA) is 53.2 Å². The lowest BCUT2D eigenvalue weighted by Gasteiger charge is -2.18. The summed E-state index contributed by atoms with van der Waals surface area (Å²) in [6, 6.07) is 8.05. The van der Waals surface area contributed by atoms with E-state index in [1.807, 2.05) is 31.3 Å². The molecule has 0 bridgehead atoms. The third-order valence-electron chi connectivity index (χ3n) is 3.26. The zero-order valence-electron chi connectivity index (χ0n) is 13.2. The van der Waals surface area contributed by atoms with Crippen molar-refractivity contribution in [2.45, 2.75) is 40.2 Å². The van der Waals surface area contributed by atoms with Gasteiger partial charge in [0.15, 0.2) is 0 Å². The standard InChI is InChI=1S/C16H27N3O/c1-12(17-5)13-6-8-14(9-7-13)19-15(20)18-11-10-16(2,3)4/h6-9,12,17H,10-11H2,1-5H3,(H2,18,19,20). The van der Waals surface area contributed by atoms with E-state index in [2.05, 4.69) is 43.6 Å². The van der Waals surface area contributed by atoms with Crippen LogP contribution in [0.25, 0.3) is 0 Å². The van der Waals surface area contributed by atoms with E-state index in [-0.39, 0.29) is 11.4 Å². The van der Waals surface area contributed by atoms with E-state index in [9.17, 15) is 4.79 Å². The van der Waals surface area contributed by atoms with Crippen LogP contribution in [0.1, 0.15) is 45.7 Å². The molecule has 0 fully saturated rings. The van der Waals surface area contributed by atoms with Crippen molar-refractivity contribution in [3.63, 3.8) is 0 Å². The van der Waals surface area contributed by atoms with Crippen LogP contribution in [0, 0.1) is 5.41 Å². The summed E-state index contributed by atoms with van der Waals surface area (Å²) in [5, 5.41) is 8.90. The second-order valence-corrected chi connectivity index (χ2v) is 6.32. The lowest BCUT2D eigenvalue weighted by molar-refractivity contribution is 0.250. The number of hydrogen-bond acceptors (Lipinski definition) is 2. The Morgan fingerprint density at radius 1 is 1.20 bits per heavy atom. The maximum Gasteiger partial charge on any atom is 0.319 e. The Morgan fingerprint density at radius 2 is 1.80 bits per heavy atom. The molecule has 0 saturated heterocycles. The van der Waals surface area contributed by atoms with Gasteiger partial charge in [-0.25, -0.2) is 4.79 Å². The summed E-state index contributed by atoms with van der Waals surface area (Å²) >= 11 is 0. The van der Waals surface area contributed by atoms with E-state index in [1.54, 1.807) is 0 Å². The van der Waals surface area contributed by atoms with E-state index in [0.29, 0.717) is 12.6 Å². The molecule has 0 spiro atoms. The molecule has 0 heterocycles. The lowest BCUT2D eigenvalue weighted by atomic mass is 9.92. The maximum atomic E-state index is 11.7. The van der Waals surface area contributed by atoms with Crippen LogP contribution in [0.15, 0.2) is 24.3 Å². The minimum absolute atomic E-state index is 0.149. The largest absolute Gasteiger partial charge is 0.338 e. The van der Waals surface area contributed by atoms with Crippen LogP contribution < -0.4 is 16.0 Å². The van der Waals surface area contributed by atoms with Gasteiger partial charge in [-0.3, -0.25) is 0 Å². The molecular formula is C16H27N3O. The Kier molecular flexibility index (Phi) is 6.02. The number of benzene rings is 1. The first-order valence-electron chi connectivity index (χ1n) is 7.14. The molecule has 0 aliphatic carbocycles. The number of hydrogen-bond donors (Lipinski definition) is 3. The summed E-state index contributed by atoms with van der Waals surface area (Å²) in [4.78, 5) is 11.7. The second-order valence-electron chi connectivity index (χ2n) is 6.32. The van der Waals surface area contributed by atoms with Crippen molar-refractivity contribution in [3.8, 4) is 0 Å². The summed E-state index contributed by atoms with van der Waals surface area (Å²) in [5.74, 6) is 0. The van der Waals surface area contributed by atoms with Gasteiger partial charge in [0.05, 0.1) is 0 Å². The van der Waals surface area contributed by atoms with Crippen molar-refractivity contribution in [3.05, 3.63) is 29.8 Å². The molecule has 112 valence electrons. The summed E-state index contributed by atoms with van der Waals surface area (Å²) in [7, 11) is 1.93. The molecule has 4 nitrogen and oxygen atoms in total. The van der Waals surface area contributed by atoms with Gasteiger partial charge in [0.1, 0.15) is 0 Å². The highest BCUT2D eigenvalue weighted by molar-refractivity contribution is 5.89. The highest BCUT2D eigenvalue weighted by Gasteiger charge is 2.10. The average molecular weight is 277 g/mol. The Hall–Kier alpha value is -1.55. The van der Waals surface area contributed by atoms with Gasteiger partial charge in [0, 0.05) is 18.3 Å². The normalized spacial score (nSPS) is 12.8. The number of amides is 2. The molecule has 0 saturated carbocycles. The summed E-state index contributed by atoms with van der Waals surface area (Å²) < 4.78 is 0. The number of carbonyl (C=O) groups excluding carboxylic acids is 1. The minimum atomic E-state index is -0.149. The first-order chi connectivity index (χ1) is 9.31. The zero-order valence-corrected chi connectivity index (χ0v) is 13.2. The molecule has 0 aliphatic heterocycles. The number of rotatable bonds is 5. The quantitative estimate of drug-likeness (QED) is 0.771. The van der Waals surface area contributed by atoms with Crippen molar-refractivity contribution in [1.82, 2.24) is 10.6 Å². The molecule has 3 N–H and O–H groups in total. The second kappa shape index (κ2) is 7.29. The van der Waals surface area contributed by atoms with Crippen molar-refractivity contribution < 1.29 is 4.79 Å². The molecule has 1 aromatic rings. The number of anilines is 1. The fourth-order valence-corrected chi connectivity index (χ4v) is 1.75. The van der Waals surface area contributed by atoms with Crippen LogP contribution in [0.3, 0.4) is 0 Å². The van der Waals surface area contributed by atoms with Crippen LogP contribution in [-0.4, -0.2) is 19.6 Å². The van der Waals surface area contributed by atoms with Gasteiger partial charge in [0.25, 0.3) is 0 Å². The molecule has 0 aliphatic rings. The predicted molar refractivity (Wildman–Crippen MR) is 85.0 cm³/mol. The molecule has 1 rings (SSSR count). The van der Waals surface area contributed by atoms with Crippen molar-refractivity contribution in [2.75, 3.05) is 18.9 Å². The van der Waals surface area contributed by atoms with E-state index >= 15 is 0 Å². The van der Waals surface area contributed by atoms with Crippen molar-refractivity contribution in [1.29, 1.82) is 0 Å². The van der Waals surface area contributed by atoms with Crippen LogP contribution >= 0.6 is 0 Å². The molecule has 1 aromatic carbocycles. The third kappa shape index (κ3) is 6.06. The first-order valence-corrected chi connectivity index (χ1v) is 7.14. The molecule has 1 atom stereocenters. The summed E-state index contributed by atoms with van der Waals surface area (Å²) in [6.45, 7) is 9.27. The Balaban J connectivity index is 2.42. The van der Waals surface area contributed by atoms with Crippen LogP contribution in [0.5, 0.6) is 0 Å². The summed E-state index contributed by atoms with van der Waals surface area (Å²) in [6.07, 6.45) is 0.957. The van der Waals surface area contributed by atoms with Crippen molar-refractivity contribution in [2.24, 2.45) is 5.41 Å². The smallest absolute Gasteiger partial charge is 0.319 e. The summed E-state index contributed by atoms with van der Waals surface area (Å²) in [5.41, 5.74) is 2.24. The highest BCUT2D eigenvalue weighted by atomic mass is 16.2. The monoisotopic (exact) mass is 277 g/mol. The Bertz CT molecular complexity index is 420. The molecule has 0 radical (unpaired) electrons. The third-order valence-corrected chi connectivity index (χ3v) is 3.26. The molecule has 2 amide bonds. The van der Waals surface area contributed by atoms with Crippen molar-refractivity contribution >= 4 is 11.7 Å². The number of nitrogens with one attached hydrogen (secondary N) is 3. The average Bonchev–Trinajstić information content (AvgIpc) is 2.37. The predicted octanol–water partition coefficient (Wildman–Crippen LogP) is 3.52. The van der Waals surface area contributed by atoms with Crippen LogP contribution in [0.4, 0.5) is 10.5 Å². The maximum absolute atomic E-state index is 11.7. The fraction of sp³-hybridized carbons (Fsp3) is 0.562. The minimum Gasteiger partial charge on any atom is -0.338 e. The van der Waals surface area contributed by atoms with Gasteiger partial charge in [-0.15, -0.1) is 0 Å². The van der Waals surface area contributed by atoms with Gasteiger partial charge in [-0.2, -0.15) is 0 Å². The Labute approximate surface area is 122 Å². The van der Waals surface area contributed by atoms with Gasteiger partial charge in [-0.05, 0) is 43.5 Å². The van der Waals surface area contributed by atoms with Crippen LogP contribution in [-0.2, 0) is 0 Å². The lowest BCUT2D eigenvalue weighted by Crippen LogP contribution is -2.31. The molecule has 1 unspecified atom stereocenters. The van der Waals surface area contributed by atoms with Gasteiger partial charge < -0.3 is 16.0 Å². The SMILES string of the molecule is CNC(C)c1ccc(NC(=O)NCCC(C)(C)C)cc1. The van der Waals surface area contributed by atoms with Gasteiger partial charge in [-0.1, -0.05) is 32.9 Å². The van der Waals surface area contributed by atoms with E-state index in [4.69, 9.17) is 0 Å². The van der Waals surface area contributed by atoms with E-state index < -0.39 is 0 Å². The van der Waals surface area contributed by atoms with Gasteiger partial charge in [0.2, 0.25) is 0 Å². The van der Waals surface area contributed by atoms with E-state index in [1.165, 1.54) is 5.56 Å². The fourth-order valence-electron chi connectivity index (χ4n) is 1.75. The zero-order chi connectivity index (χ0) is 15.2. The number of urea groups is 1. The van der Waals surface area contributed by atoms with Crippen LogP contribution in [0.2, 0.25) is 0 Å². The number of carbonyl (C=O) groups is 1. The molecule has 0 aromatic heterocycles. The molecule has 20 heavy (non-hydrogen) atoms. The molecule has 4 heteroatoms. The molecular weight excluding hydrogens is 250 g/mol. The highest BCUT2D eigenvalue weighted by Crippen LogP contribution is 2.17. The Morgan fingerprint density at radius 3 is 2.30 bits per heavy atom. The van der Waals surface area contributed by atoms with E-state index in [0.717, 1.165) is 12.1 Å².